The summed E-state index contributed by atoms with van der Waals surface area (Å²) in [5.41, 5.74) is 0.536. The number of alkyl halides is 4. The quantitative estimate of drug-likeness (QED) is 0.755. The molecule has 0 radical (unpaired) electrons. The van der Waals surface area contributed by atoms with Crippen molar-refractivity contribution in [2.24, 2.45) is 0 Å². The van der Waals surface area contributed by atoms with E-state index in [-0.39, 0.29) is 6.54 Å². The fraction of sp³-hybridized carbons (Fsp3) is 0.462. The zero-order chi connectivity index (χ0) is 15.3. The standard InChI is InChI=1S/C13H15F4NO2/c1-3-20-10-6-4-9(5-7-10)8-18(2)12(19)13(16,17)11(14)15/h4-7,11H,3,8H2,1-2H3. The summed E-state index contributed by atoms with van der Waals surface area (Å²) in [5, 5.41) is 0. The van der Waals surface area contributed by atoms with Crippen molar-refractivity contribution in [3.05, 3.63) is 29.8 Å². The third kappa shape index (κ3) is 3.85. The van der Waals surface area contributed by atoms with Crippen LogP contribution in [0.4, 0.5) is 17.6 Å². The maximum atomic E-state index is 12.9. The van der Waals surface area contributed by atoms with E-state index in [2.05, 4.69) is 0 Å². The van der Waals surface area contributed by atoms with Crippen LogP contribution >= 0.6 is 0 Å². The van der Waals surface area contributed by atoms with Gasteiger partial charge in [0.1, 0.15) is 5.75 Å². The first-order valence-electron chi connectivity index (χ1n) is 5.92. The molecular weight excluding hydrogens is 278 g/mol. The molecule has 0 aliphatic carbocycles. The second-order valence-corrected chi connectivity index (χ2v) is 4.16. The Kier molecular flexibility index (Phi) is 5.35. The van der Waals surface area contributed by atoms with Gasteiger partial charge in [-0.3, -0.25) is 4.79 Å². The van der Waals surface area contributed by atoms with E-state index in [9.17, 15) is 22.4 Å². The van der Waals surface area contributed by atoms with E-state index < -0.39 is 18.3 Å². The van der Waals surface area contributed by atoms with E-state index in [1.165, 1.54) is 0 Å². The largest absolute Gasteiger partial charge is 0.494 e. The molecule has 1 aromatic rings. The number of halogens is 4. The first-order chi connectivity index (χ1) is 9.28. The third-order valence-corrected chi connectivity index (χ3v) is 2.56. The predicted molar refractivity (Wildman–Crippen MR) is 65.0 cm³/mol. The van der Waals surface area contributed by atoms with Crippen LogP contribution in [-0.2, 0) is 11.3 Å². The molecule has 0 aromatic heterocycles. The topological polar surface area (TPSA) is 29.5 Å². The molecule has 0 N–H and O–H groups in total. The highest BCUT2D eigenvalue weighted by molar-refractivity contribution is 5.83. The monoisotopic (exact) mass is 293 g/mol. The Morgan fingerprint density at radius 1 is 1.30 bits per heavy atom. The van der Waals surface area contributed by atoms with Gasteiger partial charge >= 0.3 is 12.3 Å². The maximum absolute atomic E-state index is 12.9. The van der Waals surface area contributed by atoms with Crippen molar-refractivity contribution < 1.29 is 27.1 Å². The number of ether oxygens (including phenoxy) is 1. The zero-order valence-corrected chi connectivity index (χ0v) is 11.1. The molecule has 112 valence electrons. The second kappa shape index (κ2) is 6.58. The van der Waals surface area contributed by atoms with Gasteiger partial charge in [0.2, 0.25) is 0 Å². The number of hydrogen-bond donors (Lipinski definition) is 0. The van der Waals surface area contributed by atoms with Crippen LogP contribution in [-0.4, -0.2) is 36.8 Å². The Morgan fingerprint density at radius 2 is 1.85 bits per heavy atom. The molecule has 0 atom stereocenters. The van der Waals surface area contributed by atoms with Crippen molar-refractivity contribution in [2.75, 3.05) is 13.7 Å². The third-order valence-electron chi connectivity index (χ3n) is 2.56. The lowest BCUT2D eigenvalue weighted by Crippen LogP contribution is -2.45. The van der Waals surface area contributed by atoms with E-state index in [0.29, 0.717) is 22.8 Å². The highest BCUT2D eigenvalue weighted by Gasteiger charge is 2.50. The molecule has 0 aliphatic heterocycles. The van der Waals surface area contributed by atoms with Crippen molar-refractivity contribution in [1.29, 1.82) is 0 Å². The van der Waals surface area contributed by atoms with E-state index >= 15 is 0 Å². The molecule has 1 rings (SSSR count). The number of hydrogen-bond acceptors (Lipinski definition) is 2. The van der Waals surface area contributed by atoms with Crippen molar-refractivity contribution in [3.8, 4) is 5.75 Å². The molecule has 20 heavy (non-hydrogen) atoms. The van der Waals surface area contributed by atoms with Gasteiger partial charge in [0, 0.05) is 13.6 Å². The van der Waals surface area contributed by atoms with Gasteiger partial charge in [-0.25, -0.2) is 8.78 Å². The van der Waals surface area contributed by atoms with Gasteiger partial charge < -0.3 is 9.64 Å². The van der Waals surface area contributed by atoms with Crippen molar-refractivity contribution in [1.82, 2.24) is 4.90 Å². The summed E-state index contributed by atoms with van der Waals surface area (Å²) in [7, 11) is 1.05. The number of nitrogens with zero attached hydrogens (tertiary/aromatic N) is 1. The fourth-order valence-electron chi connectivity index (χ4n) is 1.55. The van der Waals surface area contributed by atoms with Crippen LogP contribution in [0.15, 0.2) is 24.3 Å². The Labute approximate surface area is 114 Å². The molecule has 0 heterocycles. The molecule has 0 aliphatic rings. The average Bonchev–Trinajstić information content (AvgIpc) is 2.40. The van der Waals surface area contributed by atoms with Gasteiger partial charge in [-0.15, -0.1) is 0 Å². The Bertz CT molecular complexity index is 448. The van der Waals surface area contributed by atoms with Crippen LogP contribution < -0.4 is 4.74 Å². The lowest BCUT2D eigenvalue weighted by Gasteiger charge is -2.22. The summed E-state index contributed by atoms with van der Waals surface area (Å²) in [6.45, 7) is 2.11. The number of rotatable bonds is 6. The van der Waals surface area contributed by atoms with Gasteiger partial charge in [0.05, 0.1) is 6.61 Å². The molecule has 3 nitrogen and oxygen atoms in total. The van der Waals surface area contributed by atoms with Crippen LogP contribution in [0.1, 0.15) is 12.5 Å². The SMILES string of the molecule is CCOc1ccc(CN(C)C(=O)C(F)(F)C(F)F)cc1. The minimum absolute atomic E-state index is 0.187. The van der Waals surface area contributed by atoms with Gasteiger partial charge in [-0.2, -0.15) is 8.78 Å². The van der Waals surface area contributed by atoms with Gasteiger partial charge in [0.15, 0.2) is 0 Å². The lowest BCUT2D eigenvalue weighted by atomic mass is 10.2. The lowest BCUT2D eigenvalue weighted by molar-refractivity contribution is -0.179. The summed E-state index contributed by atoms with van der Waals surface area (Å²) in [6, 6.07) is 6.38. The molecule has 0 fully saturated rings. The summed E-state index contributed by atoms with van der Waals surface area (Å²) in [4.78, 5) is 11.8. The molecule has 1 aromatic carbocycles. The second-order valence-electron chi connectivity index (χ2n) is 4.16. The number of carbonyl (C=O) groups excluding carboxylic acids is 1. The van der Waals surface area contributed by atoms with Gasteiger partial charge in [-0.1, -0.05) is 12.1 Å². The maximum Gasteiger partial charge on any atom is 0.383 e. The molecule has 7 heteroatoms. The molecule has 0 bridgehead atoms. The summed E-state index contributed by atoms with van der Waals surface area (Å²) in [6.07, 6.45) is -4.02. The smallest absolute Gasteiger partial charge is 0.383 e. The predicted octanol–water partition coefficient (Wildman–Crippen LogP) is 2.94. The number of benzene rings is 1. The molecule has 0 saturated heterocycles. The number of amides is 1. The molecule has 0 saturated carbocycles. The molecule has 1 amide bonds. The van der Waals surface area contributed by atoms with Crippen LogP contribution in [0.5, 0.6) is 5.75 Å². The number of carbonyl (C=O) groups is 1. The van der Waals surface area contributed by atoms with Gasteiger partial charge in [-0.05, 0) is 24.6 Å². The average molecular weight is 293 g/mol. The normalized spacial score (nSPS) is 11.6. The van der Waals surface area contributed by atoms with E-state index in [1.54, 1.807) is 24.3 Å². The Morgan fingerprint density at radius 3 is 2.30 bits per heavy atom. The van der Waals surface area contributed by atoms with E-state index in [4.69, 9.17) is 4.74 Å². The van der Waals surface area contributed by atoms with E-state index in [0.717, 1.165) is 7.05 Å². The highest BCUT2D eigenvalue weighted by Crippen LogP contribution is 2.25. The van der Waals surface area contributed by atoms with Gasteiger partial charge in [0.25, 0.3) is 5.91 Å². The zero-order valence-electron chi connectivity index (χ0n) is 11.1. The first-order valence-corrected chi connectivity index (χ1v) is 5.92. The minimum Gasteiger partial charge on any atom is -0.494 e. The summed E-state index contributed by atoms with van der Waals surface area (Å²) >= 11 is 0. The summed E-state index contributed by atoms with van der Waals surface area (Å²) < 4.78 is 55.2. The van der Waals surface area contributed by atoms with Crippen LogP contribution in [0.3, 0.4) is 0 Å². The van der Waals surface area contributed by atoms with E-state index in [1.807, 2.05) is 6.92 Å². The van der Waals surface area contributed by atoms with Crippen LogP contribution in [0, 0.1) is 0 Å². The van der Waals surface area contributed by atoms with Crippen LogP contribution in [0.2, 0.25) is 0 Å². The molecule has 0 spiro atoms. The first kappa shape index (κ1) is 16.3. The van der Waals surface area contributed by atoms with Crippen LogP contribution in [0.25, 0.3) is 0 Å². The summed E-state index contributed by atoms with van der Waals surface area (Å²) in [5.74, 6) is -5.97. The van der Waals surface area contributed by atoms with Crippen molar-refractivity contribution in [2.45, 2.75) is 25.8 Å². The molecule has 0 unspecified atom stereocenters. The molecular formula is C13H15F4NO2. The Hall–Kier alpha value is -1.79. The minimum atomic E-state index is -4.67. The highest BCUT2D eigenvalue weighted by atomic mass is 19.3. The van der Waals surface area contributed by atoms with Crippen molar-refractivity contribution >= 4 is 5.91 Å². The fourth-order valence-corrected chi connectivity index (χ4v) is 1.55. The Balaban J connectivity index is 2.70. The van der Waals surface area contributed by atoms with Crippen molar-refractivity contribution in [3.63, 3.8) is 0 Å².